The van der Waals surface area contributed by atoms with E-state index in [2.05, 4.69) is 32.1 Å². The van der Waals surface area contributed by atoms with Crippen molar-refractivity contribution in [2.24, 2.45) is 5.41 Å². The number of pyridine rings is 1. The number of hydrogen-bond donors (Lipinski definition) is 1. The van der Waals surface area contributed by atoms with Gasteiger partial charge in [0.25, 0.3) is 0 Å². The molecular weight excluding hydrogens is 444 g/mol. The molecule has 1 saturated heterocycles. The largest absolute Gasteiger partial charge is 0.384 e. The van der Waals surface area contributed by atoms with E-state index < -0.39 is 11.7 Å². The first-order valence-corrected chi connectivity index (χ1v) is 11.2. The molecule has 11 heteroatoms. The number of nitrogens with one attached hydrogen (secondary N) is 1. The number of aryl methyl sites for hydroxylation is 1. The molecule has 1 fully saturated rings. The number of rotatable bonds is 8. The number of nitrogens with zero attached hydrogens (tertiary/aromatic N) is 6. The number of fused-ring (bicyclic) bond motifs is 1. The highest BCUT2D eigenvalue weighted by molar-refractivity contribution is 5.95. The van der Waals surface area contributed by atoms with Gasteiger partial charge in [-0.05, 0) is 13.3 Å². The maximum absolute atomic E-state index is 14.0. The smallest absolute Gasteiger partial charge is 0.303 e. The number of halogens is 2. The molecule has 4 heterocycles. The molecule has 9 nitrogen and oxygen atoms in total. The van der Waals surface area contributed by atoms with Gasteiger partial charge in [0.05, 0.1) is 17.5 Å². The van der Waals surface area contributed by atoms with Crippen molar-refractivity contribution in [3.63, 3.8) is 0 Å². The Balaban J connectivity index is 1.82. The summed E-state index contributed by atoms with van der Waals surface area (Å²) in [5, 5.41) is 8.16. The van der Waals surface area contributed by atoms with E-state index in [9.17, 15) is 13.6 Å². The van der Waals surface area contributed by atoms with E-state index in [1.54, 1.807) is 32.4 Å². The lowest BCUT2D eigenvalue weighted by molar-refractivity contribution is -0.114. The first-order valence-electron chi connectivity index (χ1n) is 11.2. The zero-order valence-electron chi connectivity index (χ0n) is 20.0. The van der Waals surface area contributed by atoms with Crippen molar-refractivity contribution < 1.29 is 18.3 Å². The molecule has 0 radical (unpaired) electrons. The zero-order valence-corrected chi connectivity index (χ0v) is 20.0. The quantitative estimate of drug-likeness (QED) is 0.531. The highest BCUT2D eigenvalue weighted by Crippen LogP contribution is 2.41. The third-order valence-corrected chi connectivity index (χ3v) is 5.88. The zero-order chi connectivity index (χ0) is 24.7. The summed E-state index contributed by atoms with van der Waals surface area (Å²) >= 11 is 0. The number of aromatic nitrogens is 5. The summed E-state index contributed by atoms with van der Waals surface area (Å²) in [4.78, 5) is 26.1. The first kappa shape index (κ1) is 23.9. The molecule has 0 bridgehead atoms. The molecule has 0 aliphatic carbocycles. The third kappa shape index (κ3) is 4.56. The summed E-state index contributed by atoms with van der Waals surface area (Å²) in [6.07, 6.45) is 3.71. The predicted octanol–water partition coefficient (Wildman–Crippen LogP) is 3.84. The molecule has 3 aromatic rings. The van der Waals surface area contributed by atoms with Gasteiger partial charge >= 0.3 is 5.92 Å². The second-order valence-electron chi connectivity index (χ2n) is 9.12. The van der Waals surface area contributed by atoms with Crippen LogP contribution in [0.15, 0.2) is 18.3 Å². The van der Waals surface area contributed by atoms with E-state index in [-0.39, 0.29) is 17.1 Å². The molecule has 0 atom stereocenters. The number of methoxy groups -OCH3 is 1. The van der Waals surface area contributed by atoms with Crippen LogP contribution in [0, 0.1) is 12.3 Å². The molecule has 0 spiro atoms. The van der Waals surface area contributed by atoms with Gasteiger partial charge in [0.15, 0.2) is 11.6 Å². The van der Waals surface area contributed by atoms with Crippen LogP contribution in [0.4, 0.5) is 20.4 Å². The average molecular weight is 474 g/mol. The number of alkyl halides is 2. The summed E-state index contributed by atoms with van der Waals surface area (Å²) in [6.45, 7) is 8.11. The summed E-state index contributed by atoms with van der Waals surface area (Å²) < 4.78 is 35.1. The molecule has 0 aromatic carbocycles. The summed E-state index contributed by atoms with van der Waals surface area (Å²) in [6, 6.07) is 3.27. The molecule has 1 aliphatic rings. The molecule has 1 aliphatic heterocycles. The van der Waals surface area contributed by atoms with Gasteiger partial charge in [0.1, 0.15) is 5.82 Å². The van der Waals surface area contributed by atoms with E-state index in [0.29, 0.717) is 29.5 Å². The second kappa shape index (κ2) is 8.86. The Morgan fingerprint density at radius 1 is 1.29 bits per heavy atom. The van der Waals surface area contributed by atoms with Gasteiger partial charge in [0.2, 0.25) is 11.7 Å². The van der Waals surface area contributed by atoms with Crippen LogP contribution in [0.3, 0.4) is 0 Å². The predicted molar refractivity (Wildman–Crippen MR) is 124 cm³/mol. The molecule has 34 heavy (non-hydrogen) atoms. The maximum Gasteiger partial charge on any atom is 0.303 e. The lowest BCUT2D eigenvalue weighted by Crippen LogP contribution is -2.59. The fraction of sp³-hybridized carbons (Fsp3) is 0.522. The van der Waals surface area contributed by atoms with Crippen molar-refractivity contribution >= 4 is 28.4 Å². The Morgan fingerprint density at radius 2 is 2.03 bits per heavy atom. The van der Waals surface area contributed by atoms with Crippen LogP contribution < -0.4 is 10.2 Å². The highest BCUT2D eigenvalue weighted by Gasteiger charge is 2.44. The third-order valence-electron chi connectivity index (χ3n) is 5.88. The Kier molecular flexibility index (Phi) is 6.24. The van der Waals surface area contributed by atoms with Crippen molar-refractivity contribution in [3.05, 3.63) is 29.8 Å². The Morgan fingerprint density at radius 3 is 2.65 bits per heavy atom. The monoisotopic (exact) mass is 473 g/mol. The van der Waals surface area contributed by atoms with Gasteiger partial charge in [-0.3, -0.25) is 4.79 Å². The van der Waals surface area contributed by atoms with E-state index in [4.69, 9.17) is 9.84 Å². The Hall–Kier alpha value is -3.21. The number of anilines is 2. The van der Waals surface area contributed by atoms with E-state index in [1.165, 1.54) is 11.6 Å². The molecule has 1 amide bonds. The molecule has 4 rings (SSSR count). The van der Waals surface area contributed by atoms with E-state index in [1.807, 2.05) is 0 Å². The highest BCUT2D eigenvalue weighted by atomic mass is 19.3. The summed E-state index contributed by atoms with van der Waals surface area (Å²) in [7, 11) is 1.70. The standard InChI is InChI=1S/C23H29F2N7O2/c1-6-7-23(13-34-5)11-31(12-23)20-16-10-26-18(28-15(3)33)9-17(16)32(30-20)19-8-14(2)27-21(29-19)22(4,24)25/h8-10H,6-7,11-13H2,1-5H3,(H,26,28,33). The minimum atomic E-state index is -3.20. The SMILES string of the molecule is CCCC1(COC)CN(c2nn(-c3cc(C)nc(C(C)(F)F)n3)c3cc(NC(C)=O)ncc23)C1. The molecule has 3 aromatic heterocycles. The van der Waals surface area contributed by atoms with Crippen LogP contribution >= 0.6 is 0 Å². The fourth-order valence-corrected chi connectivity index (χ4v) is 4.58. The first-order chi connectivity index (χ1) is 16.0. The van der Waals surface area contributed by atoms with Crippen molar-refractivity contribution in [2.45, 2.75) is 46.5 Å². The van der Waals surface area contributed by atoms with Crippen LogP contribution in [0.2, 0.25) is 0 Å². The molecular formula is C23H29F2N7O2. The number of hydrogen-bond acceptors (Lipinski definition) is 7. The van der Waals surface area contributed by atoms with E-state index >= 15 is 0 Å². The fourth-order valence-electron chi connectivity index (χ4n) is 4.58. The van der Waals surface area contributed by atoms with Gasteiger partial charge < -0.3 is 15.0 Å². The lowest BCUT2D eigenvalue weighted by atomic mass is 9.76. The topological polar surface area (TPSA) is 98.1 Å². The van der Waals surface area contributed by atoms with Crippen molar-refractivity contribution in [1.82, 2.24) is 24.7 Å². The van der Waals surface area contributed by atoms with Gasteiger partial charge in [-0.1, -0.05) is 13.3 Å². The van der Waals surface area contributed by atoms with Crippen molar-refractivity contribution in [1.29, 1.82) is 0 Å². The van der Waals surface area contributed by atoms with Crippen molar-refractivity contribution in [2.75, 3.05) is 37.0 Å². The number of carbonyl (C=O) groups excluding carboxylic acids is 1. The number of carbonyl (C=O) groups is 1. The van der Waals surface area contributed by atoms with Gasteiger partial charge in [0, 0.05) is 63.5 Å². The lowest BCUT2D eigenvalue weighted by Gasteiger charge is -2.50. The average Bonchev–Trinajstić information content (AvgIpc) is 3.09. The van der Waals surface area contributed by atoms with Gasteiger partial charge in [-0.25, -0.2) is 19.6 Å². The van der Waals surface area contributed by atoms with Crippen LogP contribution in [-0.4, -0.2) is 57.4 Å². The summed E-state index contributed by atoms with van der Waals surface area (Å²) in [5.41, 5.74) is 1.04. The Bertz CT molecular complexity index is 1210. The minimum Gasteiger partial charge on any atom is -0.384 e. The van der Waals surface area contributed by atoms with Crippen LogP contribution in [0.5, 0.6) is 0 Å². The molecule has 1 N–H and O–H groups in total. The van der Waals surface area contributed by atoms with Gasteiger partial charge in [-0.15, -0.1) is 5.10 Å². The molecule has 0 saturated carbocycles. The minimum absolute atomic E-state index is 0.0477. The molecule has 0 unspecified atom stereocenters. The maximum atomic E-state index is 14.0. The van der Waals surface area contributed by atoms with Crippen molar-refractivity contribution in [3.8, 4) is 5.82 Å². The number of amides is 1. The summed E-state index contributed by atoms with van der Waals surface area (Å²) in [5.74, 6) is -2.81. The number of ether oxygens (including phenoxy) is 1. The Labute approximate surface area is 196 Å². The van der Waals surface area contributed by atoms with Crippen LogP contribution in [-0.2, 0) is 15.5 Å². The van der Waals surface area contributed by atoms with Gasteiger partial charge in [-0.2, -0.15) is 8.78 Å². The van der Waals surface area contributed by atoms with E-state index in [0.717, 1.165) is 38.2 Å². The van der Waals surface area contributed by atoms with Crippen LogP contribution in [0.1, 0.15) is 45.1 Å². The normalized spacial score (nSPS) is 15.4. The second-order valence-corrected chi connectivity index (χ2v) is 9.12. The molecule has 182 valence electrons. The van der Waals surface area contributed by atoms with Crippen LogP contribution in [0.25, 0.3) is 16.7 Å².